The van der Waals surface area contributed by atoms with Crippen molar-refractivity contribution in [2.45, 2.75) is 38.8 Å². The predicted octanol–water partition coefficient (Wildman–Crippen LogP) is 3.86. The van der Waals surface area contributed by atoms with Crippen LogP contribution in [0.2, 0.25) is 5.02 Å². The van der Waals surface area contributed by atoms with E-state index in [0.29, 0.717) is 61.0 Å². The van der Waals surface area contributed by atoms with Gasteiger partial charge in [0.1, 0.15) is 6.61 Å². The number of carbonyl (C=O) groups excluding carboxylic acids is 1. The third-order valence-corrected chi connectivity index (χ3v) is 7.21. The lowest BCUT2D eigenvalue weighted by molar-refractivity contribution is 0.0711. The zero-order chi connectivity index (χ0) is 23.1. The van der Waals surface area contributed by atoms with Gasteiger partial charge in [0.15, 0.2) is 11.5 Å². The Bertz CT molecular complexity index is 1020. The quantitative estimate of drug-likeness (QED) is 0.589. The van der Waals surface area contributed by atoms with Crippen molar-refractivity contribution in [3.05, 3.63) is 58.6 Å². The first-order valence-electron chi connectivity index (χ1n) is 10.7. The van der Waals surface area contributed by atoms with Gasteiger partial charge in [-0.1, -0.05) is 30.7 Å². The van der Waals surface area contributed by atoms with Gasteiger partial charge >= 0.3 is 0 Å². The summed E-state index contributed by atoms with van der Waals surface area (Å²) in [6, 6.07) is 12.4. The van der Waals surface area contributed by atoms with E-state index in [0.717, 1.165) is 5.56 Å². The van der Waals surface area contributed by atoms with Crippen molar-refractivity contribution >= 4 is 27.5 Å². The highest BCUT2D eigenvalue weighted by Crippen LogP contribution is 2.30. The van der Waals surface area contributed by atoms with Crippen LogP contribution in [0.3, 0.4) is 0 Å². The van der Waals surface area contributed by atoms with Gasteiger partial charge in [-0.25, -0.2) is 13.1 Å². The predicted molar refractivity (Wildman–Crippen MR) is 125 cm³/mol. The number of carbonyl (C=O) groups is 1. The molecule has 32 heavy (non-hydrogen) atoms. The molecule has 0 unspecified atom stereocenters. The number of halogens is 1. The number of hydrogen-bond donors (Lipinski definition) is 1. The molecule has 2 aromatic carbocycles. The Balaban J connectivity index is 1.59. The second-order valence-electron chi connectivity index (χ2n) is 7.78. The van der Waals surface area contributed by atoms with Crippen LogP contribution in [0, 0.1) is 0 Å². The number of likely N-dealkylation sites (tertiary alicyclic amines) is 1. The van der Waals surface area contributed by atoms with Crippen LogP contribution in [0.4, 0.5) is 0 Å². The zero-order valence-corrected chi connectivity index (χ0v) is 19.9. The van der Waals surface area contributed by atoms with Gasteiger partial charge in [-0.3, -0.25) is 4.79 Å². The molecule has 174 valence electrons. The maximum absolute atomic E-state index is 13.0. The van der Waals surface area contributed by atoms with Crippen molar-refractivity contribution in [1.29, 1.82) is 0 Å². The molecule has 1 aliphatic heterocycles. The number of nitrogens with one attached hydrogen (secondary N) is 1. The van der Waals surface area contributed by atoms with Crippen LogP contribution in [0.5, 0.6) is 11.5 Å². The molecule has 1 fully saturated rings. The van der Waals surface area contributed by atoms with E-state index < -0.39 is 10.0 Å². The highest BCUT2D eigenvalue weighted by Gasteiger charge is 2.26. The van der Waals surface area contributed by atoms with E-state index in [1.165, 1.54) is 7.11 Å². The molecule has 9 heteroatoms. The van der Waals surface area contributed by atoms with E-state index >= 15 is 0 Å². The Morgan fingerprint density at radius 3 is 2.44 bits per heavy atom. The number of sulfonamides is 1. The summed E-state index contributed by atoms with van der Waals surface area (Å²) in [7, 11) is -1.72. The van der Waals surface area contributed by atoms with Crippen LogP contribution in [-0.2, 0) is 16.6 Å². The zero-order valence-electron chi connectivity index (χ0n) is 18.3. The number of ether oxygens (including phenoxy) is 2. The summed E-state index contributed by atoms with van der Waals surface area (Å²) < 4.78 is 38.0. The highest BCUT2D eigenvalue weighted by molar-refractivity contribution is 7.89. The van der Waals surface area contributed by atoms with E-state index in [-0.39, 0.29) is 17.7 Å². The lowest BCUT2D eigenvalue weighted by atomic mass is 10.0. The fourth-order valence-corrected chi connectivity index (χ4v) is 5.15. The van der Waals surface area contributed by atoms with Crippen molar-refractivity contribution in [2.75, 3.05) is 26.0 Å². The summed E-state index contributed by atoms with van der Waals surface area (Å²) in [6.45, 7) is 3.18. The number of nitrogens with zero attached hydrogens (tertiary/aromatic N) is 1. The summed E-state index contributed by atoms with van der Waals surface area (Å²) in [5.41, 5.74) is 1.47. The largest absolute Gasteiger partial charge is 0.493 e. The molecular weight excluding hydrogens is 452 g/mol. The van der Waals surface area contributed by atoms with Crippen LogP contribution < -0.4 is 14.2 Å². The Labute approximate surface area is 194 Å². The van der Waals surface area contributed by atoms with Gasteiger partial charge in [0, 0.05) is 29.7 Å². The summed E-state index contributed by atoms with van der Waals surface area (Å²) >= 11 is 5.91. The SMILES string of the molecule is CCCS(=O)(=O)NC1CCN(C(=O)c2ccc(OCc3ccc(Cl)cc3)c(OC)c2)CC1. The van der Waals surface area contributed by atoms with Gasteiger partial charge in [-0.15, -0.1) is 0 Å². The summed E-state index contributed by atoms with van der Waals surface area (Å²) in [6.07, 6.45) is 1.76. The molecule has 0 atom stereocenters. The average molecular weight is 481 g/mol. The van der Waals surface area contributed by atoms with Crippen LogP contribution in [0.25, 0.3) is 0 Å². The van der Waals surface area contributed by atoms with E-state index in [2.05, 4.69) is 4.72 Å². The standard InChI is InChI=1S/C23H29ClN2O5S/c1-3-14-32(28,29)25-20-10-12-26(13-11-20)23(27)18-6-9-21(22(15-18)30-2)31-16-17-4-7-19(24)8-5-17/h4-9,15,20,25H,3,10-14,16H2,1-2H3. The minimum atomic E-state index is -3.25. The number of hydrogen-bond acceptors (Lipinski definition) is 5. The third kappa shape index (κ3) is 6.60. The smallest absolute Gasteiger partial charge is 0.253 e. The fourth-order valence-electron chi connectivity index (χ4n) is 3.63. The Morgan fingerprint density at radius 1 is 1.12 bits per heavy atom. The Morgan fingerprint density at radius 2 is 1.81 bits per heavy atom. The first kappa shape index (κ1) is 24.4. The molecule has 1 amide bonds. The van der Waals surface area contributed by atoms with Crippen molar-refractivity contribution in [3.8, 4) is 11.5 Å². The van der Waals surface area contributed by atoms with Crippen molar-refractivity contribution < 1.29 is 22.7 Å². The molecule has 1 N–H and O–H groups in total. The number of benzene rings is 2. The monoisotopic (exact) mass is 480 g/mol. The molecule has 7 nitrogen and oxygen atoms in total. The van der Waals surface area contributed by atoms with Crippen molar-refractivity contribution in [3.63, 3.8) is 0 Å². The number of piperidine rings is 1. The summed E-state index contributed by atoms with van der Waals surface area (Å²) in [5, 5.41) is 0.664. The molecule has 0 aromatic heterocycles. The molecule has 0 aliphatic carbocycles. The van der Waals surface area contributed by atoms with Crippen molar-refractivity contribution in [2.24, 2.45) is 0 Å². The van der Waals surface area contributed by atoms with Crippen LogP contribution in [-0.4, -0.2) is 51.2 Å². The van der Waals surface area contributed by atoms with Gasteiger partial charge in [0.2, 0.25) is 10.0 Å². The molecule has 3 rings (SSSR count). The first-order valence-corrected chi connectivity index (χ1v) is 12.7. The van der Waals surface area contributed by atoms with E-state index in [9.17, 15) is 13.2 Å². The van der Waals surface area contributed by atoms with E-state index in [1.807, 2.05) is 19.1 Å². The van der Waals surface area contributed by atoms with Gasteiger partial charge < -0.3 is 14.4 Å². The molecule has 1 heterocycles. The molecule has 1 aliphatic rings. The minimum absolute atomic E-state index is 0.109. The molecule has 0 spiro atoms. The number of amides is 1. The highest BCUT2D eigenvalue weighted by atomic mass is 35.5. The van der Waals surface area contributed by atoms with Gasteiger partial charge in [-0.05, 0) is 55.2 Å². The maximum atomic E-state index is 13.0. The maximum Gasteiger partial charge on any atom is 0.253 e. The Kier molecular flexibility index (Phi) is 8.39. The van der Waals surface area contributed by atoms with Crippen LogP contribution in [0.1, 0.15) is 42.1 Å². The van der Waals surface area contributed by atoms with Gasteiger partial charge in [0.05, 0.1) is 12.9 Å². The van der Waals surface area contributed by atoms with E-state index in [4.69, 9.17) is 21.1 Å². The molecule has 2 aromatic rings. The third-order valence-electron chi connectivity index (χ3n) is 5.32. The molecular formula is C23H29ClN2O5S. The Hall–Kier alpha value is -2.29. The summed E-state index contributed by atoms with van der Waals surface area (Å²) in [4.78, 5) is 14.7. The second kappa shape index (κ2) is 11.0. The second-order valence-corrected chi connectivity index (χ2v) is 10.1. The summed E-state index contributed by atoms with van der Waals surface area (Å²) in [5.74, 6) is 1.04. The van der Waals surface area contributed by atoms with E-state index in [1.54, 1.807) is 35.2 Å². The molecule has 0 saturated carbocycles. The molecule has 1 saturated heterocycles. The molecule has 0 bridgehead atoms. The number of rotatable bonds is 9. The first-order chi connectivity index (χ1) is 15.3. The fraction of sp³-hybridized carbons (Fsp3) is 0.435. The van der Waals surface area contributed by atoms with Crippen molar-refractivity contribution in [1.82, 2.24) is 9.62 Å². The normalized spacial score (nSPS) is 14.9. The minimum Gasteiger partial charge on any atom is -0.493 e. The molecule has 0 radical (unpaired) electrons. The van der Waals surface area contributed by atoms with Crippen LogP contribution >= 0.6 is 11.6 Å². The number of methoxy groups -OCH3 is 1. The van der Waals surface area contributed by atoms with Crippen LogP contribution in [0.15, 0.2) is 42.5 Å². The lowest BCUT2D eigenvalue weighted by Gasteiger charge is -2.32. The lowest BCUT2D eigenvalue weighted by Crippen LogP contribution is -2.46. The van der Waals surface area contributed by atoms with Gasteiger partial charge in [0.25, 0.3) is 5.91 Å². The topological polar surface area (TPSA) is 84.9 Å². The average Bonchev–Trinajstić information content (AvgIpc) is 2.78. The van der Waals surface area contributed by atoms with Gasteiger partial charge in [-0.2, -0.15) is 0 Å².